The van der Waals surface area contributed by atoms with E-state index in [-0.39, 0.29) is 11.2 Å². The van der Waals surface area contributed by atoms with Gasteiger partial charge < -0.3 is 30.7 Å². The number of nitrogens with one attached hydrogen (secondary N) is 3. The first kappa shape index (κ1) is 20.7. The molecule has 6 rings (SSSR count). The summed E-state index contributed by atoms with van der Waals surface area (Å²) in [5.41, 5.74) is -2.08. The molecule has 1 aromatic heterocycles. The Bertz CT molecular complexity index is 953. The lowest BCUT2D eigenvalue weighted by Crippen LogP contribution is -2.60. The molecule has 4 aliphatic carbocycles. The number of aliphatic hydroxyl groups excluding tert-OH is 3. The number of rotatable bonds is 4. The van der Waals surface area contributed by atoms with Gasteiger partial charge in [-0.25, -0.2) is 9.59 Å². The van der Waals surface area contributed by atoms with Crippen molar-refractivity contribution in [2.45, 2.75) is 68.6 Å². The molecule has 170 valence electrons. The van der Waals surface area contributed by atoms with E-state index in [1.807, 2.05) is 0 Å². The standard InChI is InChI=1S/C20H28N4O7/c25-8-13-14(26)15(27)17(31-13)24-7-12(16(28)22-19(24)30)21-18(29)23-20-4-9-1-10(5-20)3-11(2-9)6-20/h7,9-11,13-15,17,25-27H,1-6,8H2,(H2,21,23,29)(H,22,28,30)/t9?,10?,11?,13-,14+,15-,17-,20?/m1/s1. The molecule has 31 heavy (non-hydrogen) atoms. The van der Waals surface area contributed by atoms with Crippen molar-refractivity contribution < 1.29 is 24.9 Å². The average Bonchev–Trinajstić information content (AvgIpc) is 2.97. The summed E-state index contributed by atoms with van der Waals surface area (Å²) >= 11 is 0. The van der Waals surface area contributed by atoms with Gasteiger partial charge in [-0.05, 0) is 56.3 Å². The van der Waals surface area contributed by atoms with Gasteiger partial charge in [-0.2, -0.15) is 0 Å². The predicted molar refractivity (Wildman–Crippen MR) is 107 cm³/mol. The van der Waals surface area contributed by atoms with E-state index in [0.29, 0.717) is 17.8 Å². The first-order valence-electron chi connectivity index (χ1n) is 10.8. The zero-order valence-corrected chi connectivity index (χ0v) is 17.0. The van der Waals surface area contributed by atoms with E-state index >= 15 is 0 Å². The molecular formula is C20H28N4O7. The Hall–Kier alpha value is -2.21. The Morgan fingerprint density at radius 3 is 2.29 bits per heavy atom. The molecule has 5 aliphatic rings. The van der Waals surface area contributed by atoms with Gasteiger partial charge in [0.1, 0.15) is 24.0 Å². The van der Waals surface area contributed by atoms with E-state index < -0.39 is 48.4 Å². The molecule has 4 saturated carbocycles. The van der Waals surface area contributed by atoms with Crippen LogP contribution in [-0.2, 0) is 4.74 Å². The summed E-state index contributed by atoms with van der Waals surface area (Å²) in [4.78, 5) is 39.4. The van der Waals surface area contributed by atoms with E-state index in [1.54, 1.807) is 0 Å². The number of H-pyrrole nitrogens is 1. The number of amides is 2. The van der Waals surface area contributed by atoms with Crippen LogP contribution in [0.3, 0.4) is 0 Å². The number of urea groups is 1. The monoisotopic (exact) mass is 436 g/mol. The molecule has 2 heterocycles. The van der Waals surface area contributed by atoms with Gasteiger partial charge >= 0.3 is 11.7 Å². The van der Waals surface area contributed by atoms with Crippen LogP contribution in [0.4, 0.5) is 10.5 Å². The fraction of sp³-hybridized carbons (Fsp3) is 0.750. The Morgan fingerprint density at radius 2 is 1.74 bits per heavy atom. The second-order valence-corrected chi connectivity index (χ2v) is 9.72. The van der Waals surface area contributed by atoms with Crippen LogP contribution in [-0.4, -0.2) is 61.4 Å². The summed E-state index contributed by atoms with van der Waals surface area (Å²) in [5, 5.41) is 35.0. The first-order valence-corrected chi connectivity index (χ1v) is 10.8. The molecule has 5 fully saturated rings. The highest BCUT2D eigenvalue weighted by Gasteiger charge is 2.51. The predicted octanol–water partition coefficient (Wildman–Crippen LogP) is -0.762. The van der Waals surface area contributed by atoms with Crippen molar-refractivity contribution in [2.24, 2.45) is 17.8 Å². The molecule has 1 saturated heterocycles. The number of aromatic nitrogens is 2. The summed E-state index contributed by atoms with van der Waals surface area (Å²) in [7, 11) is 0. The van der Waals surface area contributed by atoms with Crippen molar-refractivity contribution in [3.63, 3.8) is 0 Å². The van der Waals surface area contributed by atoms with Crippen LogP contribution >= 0.6 is 0 Å². The second kappa shape index (κ2) is 7.44. The maximum absolute atomic E-state index is 12.8. The maximum atomic E-state index is 12.8. The molecule has 1 aromatic rings. The van der Waals surface area contributed by atoms with E-state index in [9.17, 15) is 29.7 Å². The minimum absolute atomic E-state index is 0.181. The highest BCUT2D eigenvalue weighted by molar-refractivity contribution is 5.89. The number of hydrogen-bond donors (Lipinski definition) is 6. The number of aromatic amines is 1. The largest absolute Gasteiger partial charge is 0.394 e. The number of carbonyl (C=O) groups excluding carboxylic acids is 1. The third-order valence-corrected chi connectivity index (χ3v) is 7.42. The van der Waals surface area contributed by atoms with Gasteiger partial charge in [0.05, 0.1) is 6.61 Å². The fourth-order valence-electron chi connectivity index (χ4n) is 6.53. The van der Waals surface area contributed by atoms with Crippen LogP contribution in [0.1, 0.15) is 44.8 Å². The fourth-order valence-corrected chi connectivity index (χ4v) is 6.53. The molecule has 0 aromatic carbocycles. The van der Waals surface area contributed by atoms with Crippen LogP contribution in [0.15, 0.2) is 15.8 Å². The van der Waals surface area contributed by atoms with Crippen LogP contribution in [0.5, 0.6) is 0 Å². The van der Waals surface area contributed by atoms with Gasteiger partial charge in [-0.15, -0.1) is 0 Å². The molecule has 2 amide bonds. The smallest absolute Gasteiger partial charge is 0.330 e. The zero-order chi connectivity index (χ0) is 21.9. The Labute approximate surface area is 177 Å². The van der Waals surface area contributed by atoms with Crippen LogP contribution < -0.4 is 21.9 Å². The van der Waals surface area contributed by atoms with Crippen molar-refractivity contribution in [3.8, 4) is 0 Å². The molecule has 11 nitrogen and oxygen atoms in total. The molecule has 0 unspecified atom stereocenters. The normalized spacial score (nSPS) is 40.8. The molecule has 1 aliphatic heterocycles. The molecule has 0 radical (unpaired) electrons. The molecule has 0 spiro atoms. The van der Waals surface area contributed by atoms with E-state index in [0.717, 1.165) is 30.0 Å². The number of anilines is 1. The molecule has 11 heteroatoms. The third-order valence-electron chi connectivity index (χ3n) is 7.42. The van der Waals surface area contributed by atoms with Crippen molar-refractivity contribution >= 4 is 11.7 Å². The van der Waals surface area contributed by atoms with Crippen LogP contribution in [0.25, 0.3) is 0 Å². The first-order chi connectivity index (χ1) is 14.8. The lowest BCUT2D eigenvalue weighted by molar-refractivity contribution is -0.0549. The third kappa shape index (κ3) is 3.59. The van der Waals surface area contributed by atoms with Crippen LogP contribution in [0.2, 0.25) is 0 Å². The summed E-state index contributed by atoms with van der Waals surface area (Å²) in [5.74, 6) is 1.93. The topological polar surface area (TPSA) is 166 Å². The average molecular weight is 436 g/mol. The number of ether oxygens (including phenoxy) is 1. The second-order valence-electron chi connectivity index (χ2n) is 9.72. The van der Waals surface area contributed by atoms with Crippen molar-refractivity contribution in [2.75, 3.05) is 11.9 Å². The molecule has 4 atom stereocenters. The highest BCUT2D eigenvalue weighted by atomic mass is 16.6. The van der Waals surface area contributed by atoms with Crippen molar-refractivity contribution in [3.05, 3.63) is 27.0 Å². The summed E-state index contributed by atoms with van der Waals surface area (Å²) in [6, 6.07) is -0.515. The lowest BCUT2D eigenvalue weighted by Gasteiger charge is -2.56. The van der Waals surface area contributed by atoms with E-state index in [4.69, 9.17) is 4.74 Å². The van der Waals surface area contributed by atoms with Gasteiger partial charge in [0.2, 0.25) is 0 Å². The summed E-state index contributed by atoms with van der Waals surface area (Å²) < 4.78 is 6.25. The van der Waals surface area contributed by atoms with Gasteiger partial charge in [0.25, 0.3) is 5.56 Å². The molecular weight excluding hydrogens is 408 g/mol. The Balaban J connectivity index is 1.34. The SMILES string of the molecule is O=C(Nc1cn([C@@H]2O[C@H](CO)[C@H](O)[C@H]2O)c(=O)[nH]c1=O)NC12CC3CC(CC(C3)C1)C2. The van der Waals surface area contributed by atoms with Gasteiger partial charge in [-0.3, -0.25) is 14.3 Å². The molecule has 4 bridgehead atoms. The number of hydrogen-bond acceptors (Lipinski definition) is 7. The Kier molecular flexibility index (Phi) is 4.96. The van der Waals surface area contributed by atoms with Crippen molar-refractivity contribution in [1.82, 2.24) is 14.9 Å². The number of nitrogens with zero attached hydrogens (tertiary/aromatic N) is 1. The minimum atomic E-state index is -1.49. The molecule has 6 N–H and O–H groups in total. The zero-order valence-electron chi connectivity index (χ0n) is 17.0. The quantitative estimate of drug-likeness (QED) is 0.361. The minimum Gasteiger partial charge on any atom is -0.394 e. The van der Waals surface area contributed by atoms with E-state index in [2.05, 4.69) is 15.6 Å². The van der Waals surface area contributed by atoms with Crippen molar-refractivity contribution in [1.29, 1.82) is 0 Å². The maximum Gasteiger partial charge on any atom is 0.330 e. The number of aliphatic hydroxyl groups is 3. The van der Waals surface area contributed by atoms with E-state index in [1.165, 1.54) is 19.3 Å². The lowest BCUT2D eigenvalue weighted by atomic mass is 9.53. The van der Waals surface area contributed by atoms with Gasteiger partial charge in [-0.1, -0.05) is 0 Å². The number of carbonyl (C=O) groups is 1. The summed E-state index contributed by atoms with van der Waals surface area (Å²) in [6.07, 6.45) is 2.35. The van der Waals surface area contributed by atoms with Gasteiger partial charge in [0, 0.05) is 11.7 Å². The summed E-state index contributed by atoms with van der Waals surface area (Å²) in [6.45, 7) is -0.550. The van der Waals surface area contributed by atoms with Gasteiger partial charge in [0.15, 0.2) is 6.23 Å². The van der Waals surface area contributed by atoms with Crippen LogP contribution in [0, 0.1) is 17.8 Å². The highest BCUT2D eigenvalue weighted by Crippen LogP contribution is 2.55. The Morgan fingerprint density at radius 1 is 1.13 bits per heavy atom.